The van der Waals surface area contributed by atoms with Crippen molar-refractivity contribution in [2.75, 3.05) is 18.0 Å². The lowest BCUT2D eigenvalue weighted by Gasteiger charge is -2.33. The molecule has 0 spiro atoms. The average Bonchev–Trinajstić information content (AvgIpc) is 2.89. The molecule has 40 heavy (non-hydrogen) atoms. The average molecular weight is 570 g/mol. The lowest BCUT2D eigenvalue weighted by molar-refractivity contribution is -0.140. The number of amides is 2. The second-order valence-electron chi connectivity index (χ2n) is 10.6. The molecule has 0 fully saturated rings. The van der Waals surface area contributed by atoms with Gasteiger partial charge in [-0.3, -0.25) is 13.9 Å². The first-order valence-electron chi connectivity index (χ1n) is 12.8. The van der Waals surface area contributed by atoms with Gasteiger partial charge < -0.3 is 15.0 Å². The van der Waals surface area contributed by atoms with E-state index in [-0.39, 0.29) is 17.1 Å². The van der Waals surface area contributed by atoms with Gasteiger partial charge in [-0.05, 0) is 76.6 Å². The van der Waals surface area contributed by atoms with Crippen LogP contribution in [0.4, 0.5) is 10.1 Å². The van der Waals surface area contributed by atoms with Gasteiger partial charge in [-0.15, -0.1) is 0 Å². The van der Waals surface area contributed by atoms with Crippen molar-refractivity contribution in [2.24, 2.45) is 0 Å². The van der Waals surface area contributed by atoms with Crippen LogP contribution in [0.2, 0.25) is 0 Å². The van der Waals surface area contributed by atoms with E-state index in [1.807, 2.05) is 27.7 Å². The van der Waals surface area contributed by atoms with Crippen molar-refractivity contribution in [1.29, 1.82) is 0 Å². The Balaban J connectivity index is 2.06. The highest BCUT2D eigenvalue weighted by atomic mass is 32.2. The van der Waals surface area contributed by atoms with Crippen LogP contribution in [0, 0.1) is 12.7 Å². The molecule has 0 heterocycles. The van der Waals surface area contributed by atoms with Crippen LogP contribution in [0.15, 0.2) is 77.7 Å². The molecule has 1 atom stereocenters. The number of hydrogen-bond donors (Lipinski definition) is 1. The number of anilines is 1. The number of nitrogens with one attached hydrogen (secondary N) is 1. The Hall–Kier alpha value is -3.92. The number of hydrogen-bond acceptors (Lipinski definition) is 5. The quantitative estimate of drug-likeness (QED) is 0.383. The van der Waals surface area contributed by atoms with Gasteiger partial charge in [-0.1, -0.05) is 42.0 Å². The second-order valence-corrected chi connectivity index (χ2v) is 12.4. The van der Waals surface area contributed by atoms with Crippen LogP contribution in [-0.4, -0.2) is 50.4 Å². The fourth-order valence-corrected chi connectivity index (χ4v) is 5.45. The molecule has 0 saturated carbocycles. The number of carbonyl (C=O) groups excluding carboxylic acids is 2. The number of rotatable bonds is 10. The van der Waals surface area contributed by atoms with Gasteiger partial charge in [0.2, 0.25) is 11.8 Å². The fraction of sp³-hybridized carbons (Fsp3) is 0.333. The van der Waals surface area contributed by atoms with Gasteiger partial charge in [0.15, 0.2) is 0 Å². The number of methoxy groups -OCH3 is 1. The second kappa shape index (κ2) is 12.5. The summed E-state index contributed by atoms with van der Waals surface area (Å²) >= 11 is 0. The first-order valence-corrected chi connectivity index (χ1v) is 14.3. The van der Waals surface area contributed by atoms with Gasteiger partial charge in [0, 0.05) is 12.1 Å². The summed E-state index contributed by atoms with van der Waals surface area (Å²) in [4.78, 5) is 28.3. The van der Waals surface area contributed by atoms with E-state index in [1.54, 1.807) is 43.3 Å². The highest BCUT2D eigenvalue weighted by Crippen LogP contribution is 2.27. The molecule has 3 aromatic carbocycles. The molecule has 3 rings (SSSR count). The summed E-state index contributed by atoms with van der Waals surface area (Å²) in [6.45, 7) is 8.11. The zero-order chi connectivity index (χ0) is 29.7. The van der Waals surface area contributed by atoms with Crippen LogP contribution in [0.3, 0.4) is 0 Å². The summed E-state index contributed by atoms with van der Waals surface area (Å²) in [7, 11) is -2.84. The van der Waals surface area contributed by atoms with Crippen molar-refractivity contribution in [3.05, 3.63) is 89.7 Å². The molecule has 8 nitrogen and oxygen atoms in total. The molecule has 3 aromatic rings. The predicted octanol–water partition coefficient (Wildman–Crippen LogP) is 4.67. The summed E-state index contributed by atoms with van der Waals surface area (Å²) in [5.41, 5.74) is 0.673. The topological polar surface area (TPSA) is 96.0 Å². The SMILES string of the molecule is COc1cccc(CN(C(=O)CN(c2ccccc2F)S(=O)(=O)c2ccc(C)cc2)C(C)C(=O)NC(C)(C)C)c1. The third kappa shape index (κ3) is 7.59. The zero-order valence-electron chi connectivity index (χ0n) is 23.6. The largest absolute Gasteiger partial charge is 0.497 e. The number of ether oxygens (including phenoxy) is 1. The number of sulfonamides is 1. The number of benzene rings is 3. The maximum absolute atomic E-state index is 15.0. The molecule has 10 heteroatoms. The first-order chi connectivity index (χ1) is 18.7. The van der Waals surface area contributed by atoms with E-state index in [0.29, 0.717) is 11.3 Å². The molecule has 1 N–H and O–H groups in total. The third-order valence-corrected chi connectivity index (χ3v) is 7.94. The Bertz CT molecular complexity index is 1450. The van der Waals surface area contributed by atoms with Crippen molar-refractivity contribution < 1.29 is 27.1 Å². The summed E-state index contributed by atoms with van der Waals surface area (Å²) in [6.07, 6.45) is 0. The Kier molecular flexibility index (Phi) is 9.57. The van der Waals surface area contributed by atoms with Gasteiger partial charge in [-0.25, -0.2) is 12.8 Å². The summed E-state index contributed by atoms with van der Waals surface area (Å²) in [5, 5.41) is 2.87. The van der Waals surface area contributed by atoms with Gasteiger partial charge in [0.25, 0.3) is 10.0 Å². The Labute approximate surface area is 235 Å². The third-order valence-electron chi connectivity index (χ3n) is 6.16. The molecule has 0 bridgehead atoms. The Morgan fingerprint density at radius 2 is 1.65 bits per heavy atom. The number of carbonyl (C=O) groups is 2. The monoisotopic (exact) mass is 569 g/mol. The molecule has 0 aromatic heterocycles. The Morgan fingerprint density at radius 3 is 2.25 bits per heavy atom. The highest BCUT2D eigenvalue weighted by Gasteiger charge is 2.34. The molecule has 0 aliphatic carbocycles. The molecule has 1 unspecified atom stereocenters. The van der Waals surface area contributed by atoms with Crippen molar-refractivity contribution in [2.45, 2.75) is 57.6 Å². The number of halogens is 1. The molecule has 2 amide bonds. The van der Waals surface area contributed by atoms with E-state index in [1.165, 1.54) is 42.3 Å². The van der Waals surface area contributed by atoms with E-state index < -0.39 is 45.8 Å². The molecule has 0 aliphatic rings. The standard InChI is InChI=1S/C30H36FN3O5S/c1-21-14-16-25(17-15-21)40(37,38)34(27-13-8-7-12-26(27)31)20-28(35)33(22(2)29(36)32-30(3,4)5)19-23-10-9-11-24(18-23)39-6/h7-18,22H,19-20H2,1-6H3,(H,32,36). The van der Waals surface area contributed by atoms with E-state index in [9.17, 15) is 22.4 Å². The van der Waals surface area contributed by atoms with Crippen LogP contribution in [0.5, 0.6) is 5.75 Å². The maximum atomic E-state index is 15.0. The minimum Gasteiger partial charge on any atom is -0.497 e. The smallest absolute Gasteiger partial charge is 0.264 e. The minimum absolute atomic E-state index is 0.00947. The van der Waals surface area contributed by atoms with E-state index in [0.717, 1.165) is 15.9 Å². The van der Waals surface area contributed by atoms with Gasteiger partial charge in [-0.2, -0.15) is 0 Å². The lowest BCUT2D eigenvalue weighted by Crippen LogP contribution is -2.54. The van der Waals surface area contributed by atoms with Crippen LogP contribution in [0.1, 0.15) is 38.8 Å². The van der Waals surface area contributed by atoms with E-state index >= 15 is 0 Å². The van der Waals surface area contributed by atoms with Crippen molar-refractivity contribution in [1.82, 2.24) is 10.2 Å². The predicted molar refractivity (Wildman–Crippen MR) is 153 cm³/mol. The molecule has 214 valence electrons. The molecular weight excluding hydrogens is 533 g/mol. The number of para-hydroxylation sites is 1. The van der Waals surface area contributed by atoms with Gasteiger partial charge in [0.05, 0.1) is 17.7 Å². The molecule has 0 aliphatic heterocycles. The fourth-order valence-electron chi connectivity index (χ4n) is 4.03. The first kappa shape index (κ1) is 30.6. The highest BCUT2D eigenvalue weighted by molar-refractivity contribution is 7.92. The van der Waals surface area contributed by atoms with E-state index in [2.05, 4.69) is 5.32 Å². The minimum atomic E-state index is -4.35. The number of nitrogens with zero attached hydrogens (tertiary/aromatic N) is 2. The number of aryl methyl sites for hydroxylation is 1. The van der Waals surface area contributed by atoms with Crippen molar-refractivity contribution in [3.8, 4) is 5.75 Å². The van der Waals surface area contributed by atoms with Gasteiger partial charge in [0.1, 0.15) is 24.2 Å². The van der Waals surface area contributed by atoms with Gasteiger partial charge >= 0.3 is 0 Å². The Morgan fingerprint density at radius 1 is 1.00 bits per heavy atom. The van der Waals surface area contributed by atoms with Crippen molar-refractivity contribution >= 4 is 27.5 Å². The maximum Gasteiger partial charge on any atom is 0.264 e. The van der Waals surface area contributed by atoms with E-state index in [4.69, 9.17) is 4.74 Å². The van der Waals surface area contributed by atoms with Crippen molar-refractivity contribution in [3.63, 3.8) is 0 Å². The van der Waals surface area contributed by atoms with Crippen LogP contribution >= 0.6 is 0 Å². The van der Waals surface area contributed by atoms with Crippen LogP contribution in [-0.2, 0) is 26.2 Å². The summed E-state index contributed by atoms with van der Waals surface area (Å²) < 4.78 is 48.6. The molecular formula is C30H36FN3O5S. The zero-order valence-corrected chi connectivity index (χ0v) is 24.5. The van der Waals surface area contributed by atoms with Crippen LogP contribution < -0.4 is 14.4 Å². The summed E-state index contributed by atoms with van der Waals surface area (Å²) in [5.74, 6) is -1.34. The molecule has 0 radical (unpaired) electrons. The lowest BCUT2D eigenvalue weighted by atomic mass is 10.1. The van der Waals surface area contributed by atoms with Crippen LogP contribution in [0.25, 0.3) is 0 Å². The normalized spacial score (nSPS) is 12.4. The molecule has 0 saturated heterocycles. The summed E-state index contributed by atoms with van der Waals surface area (Å²) in [6, 6.07) is 17.5.